The van der Waals surface area contributed by atoms with Crippen molar-refractivity contribution in [3.05, 3.63) is 113 Å². The second-order valence-corrected chi connectivity index (χ2v) is 8.60. The number of fused-ring (bicyclic) bond motifs is 3. The number of amides is 1. The van der Waals surface area contributed by atoms with Gasteiger partial charge in [-0.3, -0.25) is 0 Å². The molecule has 2 N–H and O–H groups in total. The van der Waals surface area contributed by atoms with Crippen LogP contribution < -0.4 is 14.8 Å². The number of methoxy groups -OCH3 is 2. The van der Waals surface area contributed by atoms with Crippen LogP contribution >= 0.6 is 0 Å². The molecule has 0 saturated heterocycles. The van der Waals surface area contributed by atoms with Gasteiger partial charge in [0.15, 0.2) is 0 Å². The lowest BCUT2D eigenvalue weighted by Crippen LogP contribution is -2.31. The van der Waals surface area contributed by atoms with Crippen LogP contribution in [0.1, 0.15) is 34.2 Å². The van der Waals surface area contributed by atoms with Crippen molar-refractivity contribution in [2.24, 2.45) is 0 Å². The maximum absolute atomic E-state index is 13.1. The number of phenolic OH excluding ortho intramolecular Hbond substituents is 1. The Morgan fingerprint density at radius 1 is 0.861 bits per heavy atom. The molecule has 0 aliphatic heterocycles. The van der Waals surface area contributed by atoms with Crippen molar-refractivity contribution >= 4 is 6.09 Å². The smallest absolute Gasteiger partial charge is 0.407 e. The monoisotopic (exact) mass is 481 g/mol. The fourth-order valence-corrected chi connectivity index (χ4v) is 4.82. The molecule has 0 unspecified atom stereocenters. The molecule has 6 nitrogen and oxygen atoms in total. The van der Waals surface area contributed by atoms with E-state index >= 15 is 0 Å². The fourth-order valence-electron chi connectivity index (χ4n) is 4.82. The first-order chi connectivity index (χ1) is 17.6. The summed E-state index contributed by atoms with van der Waals surface area (Å²) in [5.74, 6) is 1.30. The van der Waals surface area contributed by atoms with Crippen LogP contribution in [0.25, 0.3) is 11.1 Å². The Hall–Kier alpha value is -4.45. The van der Waals surface area contributed by atoms with Crippen molar-refractivity contribution in [1.82, 2.24) is 5.32 Å². The molecule has 1 aliphatic rings. The van der Waals surface area contributed by atoms with Crippen molar-refractivity contribution in [2.45, 2.75) is 12.0 Å². The molecule has 0 saturated carbocycles. The van der Waals surface area contributed by atoms with Crippen LogP contribution in [-0.2, 0) is 4.74 Å². The fraction of sp³-hybridized carbons (Fsp3) is 0.167. The number of benzene rings is 4. The topological polar surface area (TPSA) is 77.0 Å². The minimum atomic E-state index is -0.567. The average molecular weight is 482 g/mol. The molecule has 0 spiro atoms. The molecule has 5 rings (SSSR count). The van der Waals surface area contributed by atoms with Gasteiger partial charge in [-0.25, -0.2) is 4.79 Å². The van der Waals surface area contributed by atoms with Crippen molar-refractivity contribution in [3.63, 3.8) is 0 Å². The molecule has 0 heterocycles. The third-order valence-corrected chi connectivity index (χ3v) is 6.58. The number of aromatic hydroxyl groups is 1. The molecule has 182 valence electrons. The molecule has 0 bridgehead atoms. The highest BCUT2D eigenvalue weighted by molar-refractivity contribution is 5.79. The van der Waals surface area contributed by atoms with Crippen molar-refractivity contribution in [3.8, 4) is 28.4 Å². The number of alkyl carbamates (subject to hydrolysis) is 1. The van der Waals surface area contributed by atoms with Gasteiger partial charge in [-0.1, -0.05) is 60.7 Å². The highest BCUT2D eigenvalue weighted by Crippen LogP contribution is 2.44. The Morgan fingerprint density at radius 3 is 2.11 bits per heavy atom. The Morgan fingerprint density at radius 2 is 1.50 bits per heavy atom. The summed E-state index contributed by atoms with van der Waals surface area (Å²) in [7, 11) is 3.15. The predicted octanol–water partition coefficient (Wildman–Crippen LogP) is 6.04. The van der Waals surface area contributed by atoms with Crippen molar-refractivity contribution < 1.29 is 24.1 Å². The van der Waals surface area contributed by atoms with Crippen molar-refractivity contribution in [1.29, 1.82) is 0 Å². The lowest BCUT2D eigenvalue weighted by Gasteiger charge is -2.23. The Kier molecular flexibility index (Phi) is 6.50. The molecule has 1 atom stereocenters. The van der Waals surface area contributed by atoms with Gasteiger partial charge in [0.1, 0.15) is 23.9 Å². The summed E-state index contributed by atoms with van der Waals surface area (Å²) in [4.78, 5) is 13.1. The molecule has 6 heteroatoms. The molecule has 4 aromatic rings. The number of carbonyl (C=O) groups excluding carboxylic acids is 1. The van der Waals surface area contributed by atoms with E-state index in [2.05, 4.69) is 29.6 Å². The van der Waals surface area contributed by atoms with Crippen molar-refractivity contribution in [2.75, 3.05) is 20.8 Å². The van der Waals surface area contributed by atoms with Gasteiger partial charge in [0.05, 0.1) is 20.3 Å². The summed E-state index contributed by atoms with van der Waals surface area (Å²) in [6.45, 7) is 0.210. The molecule has 0 radical (unpaired) electrons. The lowest BCUT2D eigenvalue weighted by molar-refractivity contribution is 0.140. The number of carbonyl (C=O) groups is 1. The van der Waals surface area contributed by atoms with E-state index < -0.39 is 12.1 Å². The lowest BCUT2D eigenvalue weighted by atomic mass is 9.97. The maximum atomic E-state index is 13.1. The average Bonchev–Trinajstić information content (AvgIpc) is 3.24. The maximum Gasteiger partial charge on any atom is 0.407 e. The highest BCUT2D eigenvalue weighted by Gasteiger charge is 2.30. The van der Waals surface area contributed by atoms with E-state index in [1.54, 1.807) is 44.6 Å². The molecule has 1 amide bonds. The van der Waals surface area contributed by atoms with Gasteiger partial charge >= 0.3 is 6.09 Å². The van der Waals surface area contributed by atoms with Gasteiger partial charge in [-0.15, -0.1) is 0 Å². The normalized spacial score (nSPS) is 12.8. The molecule has 0 fully saturated rings. The zero-order chi connectivity index (χ0) is 25.1. The van der Waals surface area contributed by atoms with E-state index in [0.29, 0.717) is 11.5 Å². The summed E-state index contributed by atoms with van der Waals surface area (Å²) >= 11 is 0. The first kappa shape index (κ1) is 23.3. The summed E-state index contributed by atoms with van der Waals surface area (Å²) in [5, 5.41) is 12.8. The van der Waals surface area contributed by atoms with Crippen LogP contribution in [0.2, 0.25) is 0 Å². The number of rotatable bonds is 7. The van der Waals surface area contributed by atoms with Crippen LogP contribution in [0.15, 0.2) is 91.0 Å². The number of phenols is 1. The number of hydrogen-bond donors (Lipinski definition) is 2. The van der Waals surface area contributed by atoms with Gasteiger partial charge in [0, 0.05) is 17.5 Å². The number of ether oxygens (including phenoxy) is 3. The van der Waals surface area contributed by atoms with Gasteiger partial charge in [0.25, 0.3) is 0 Å². The van der Waals surface area contributed by atoms with E-state index in [0.717, 1.165) is 22.3 Å². The quantitative estimate of drug-likeness (QED) is 0.337. The second-order valence-electron chi connectivity index (χ2n) is 8.60. The van der Waals surface area contributed by atoms with Gasteiger partial charge in [-0.2, -0.15) is 0 Å². The third kappa shape index (κ3) is 4.45. The molecule has 36 heavy (non-hydrogen) atoms. The van der Waals surface area contributed by atoms with Gasteiger partial charge < -0.3 is 24.6 Å². The Balaban J connectivity index is 1.39. The van der Waals surface area contributed by atoms with E-state index in [1.807, 2.05) is 36.4 Å². The van der Waals surface area contributed by atoms with Crippen LogP contribution in [0.5, 0.6) is 17.2 Å². The van der Waals surface area contributed by atoms with Crippen LogP contribution in [0, 0.1) is 0 Å². The van der Waals surface area contributed by atoms with Crippen LogP contribution in [0.4, 0.5) is 4.79 Å². The molecular formula is C30H27NO5. The largest absolute Gasteiger partial charge is 0.508 e. The van der Waals surface area contributed by atoms with Gasteiger partial charge in [-0.05, 0) is 52.1 Å². The number of hydrogen-bond acceptors (Lipinski definition) is 5. The molecule has 0 aromatic heterocycles. The molecule has 4 aromatic carbocycles. The summed E-state index contributed by atoms with van der Waals surface area (Å²) in [5.41, 5.74) is 6.15. The minimum Gasteiger partial charge on any atom is -0.508 e. The minimum absolute atomic E-state index is 0.0363. The zero-order valence-electron chi connectivity index (χ0n) is 20.1. The third-order valence-electron chi connectivity index (χ3n) is 6.58. The standard InChI is InChI=1S/C30H27NO5/c1-34-21-15-16-26(28(17-21)35-2)29(19-11-13-20(32)14-12-19)31-30(33)36-18-27-24-9-5-3-7-22(24)23-8-4-6-10-25(23)27/h3-17,27,29,32H,18H2,1-2H3,(H,31,33)/t29-/m1/s1. The summed E-state index contributed by atoms with van der Waals surface area (Å²) in [6.07, 6.45) is -0.548. The van der Waals surface area contributed by atoms with E-state index in [1.165, 1.54) is 11.1 Å². The second kappa shape index (κ2) is 10.0. The Labute approximate surface area is 210 Å². The SMILES string of the molecule is COc1ccc([C@H](NC(=O)OCC2c3ccccc3-c3ccccc32)c2ccc(O)cc2)c(OC)c1. The summed E-state index contributed by atoms with van der Waals surface area (Å²) in [6, 6.07) is 28.0. The molecule has 1 aliphatic carbocycles. The van der Waals surface area contributed by atoms with E-state index in [-0.39, 0.29) is 18.3 Å². The van der Waals surface area contributed by atoms with E-state index in [9.17, 15) is 9.90 Å². The van der Waals surface area contributed by atoms with Gasteiger partial charge in [0.2, 0.25) is 0 Å². The predicted molar refractivity (Wildman–Crippen MR) is 138 cm³/mol. The zero-order valence-corrected chi connectivity index (χ0v) is 20.1. The van der Waals surface area contributed by atoms with E-state index in [4.69, 9.17) is 14.2 Å². The first-order valence-corrected chi connectivity index (χ1v) is 11.7. The molecular weight excluding hydrogens is 454 g/mol. The Bertz CT molecular complexity index is 1340. The number of nitrogens with one attached hydrogen (secondary N) is 1. The highest BCUT2D eigenvalue weighted by atomic mass is 16.5. The van der Waals surface area contributed by atoms with Crippen LogP contribution in [0.3, 0.4) is 0 Å². The van der Waals surface area contributed by atoms with Crippen LogP contribution in [-0.4, -0.2) is 32.0 Å². The first-order valence-electron chi connectivity index (χ1n) is 11.7. The summed E-state index contributed by atoms with van der Waals surface area (Å²) < 4.78 is 16.7.